The third kappa shape index (κ3) is 4.10. The molecule has 6 rings (SSSR count). The van der Waals surface area contributed by atoms with Crippen LogP contribution >= 0.6 is 11.8 Å². The van der Waals surface area contributed by atoms with Gasteiger partial charge in [-0.3, -0.25) is 0 Å². The molecular weight excluding hydrogens is 480 g/mol. The van der Waals surface area contributed by atoms with Crippen LogP contribution in [-0.2, 0) is 16.1 Å². The van der Waals surface area contributed by atoms with Crippen LogP contribution in [0.4, 0.5) is 11.6 Å². The van der Waals surface area contributed by atoms with E-state index in [1.165, 1.54) is 11.8 Å². The molecule has 2 aromatic rings. The Morgan fingerprint density at radius 3 is 2.83 bits per heavy atom. The largest absolute Gasteiger partial charge is 0.486 e. The normalized spacial score (nSPS) is 28.8. The maximum absolute atomic E-state index is 10.1. The van der Waals surface area contributed by atoms with Gasteiger partial charge in [0.2, 0.25) is 0 Å². The van der Waals surface area contributed by atoms with Crippen molar-refractivity contribution in [1.29, 1.82) is 0 Å². The number of methoxy groups -OCH3 is 1. The smallest absolute Gasteiger partial charge is 0.175 e. The molecule has 10 nitrogen and oxygen atoms in total. The maximum atomic E-state index is 10.1. The van der Waals surface area contributed by atoms with Gasteiger partial charge in [0.25, 0.3) is 0 Å². The number of pyridine rings is 1. The highest BCUT2D eigenvalue weighted by atomic mass is 32.2. The monoisotopic (exact) mass is 514 g/mol. The molecular formula is C25H34N6O4S. The van der Waals surface area contributed by atoms with Crippen LogP contribution in [0.2, 0.25) is 0 Å². The number of fused-ring (bicyclic) bond motifs is 3. The highest BCUT2D eigenvalue weighted by molar-refractivity contribution is 7.99. The standard InChI is InChI=1S/C25H34N6O4S/c1-15-22(26)25(14-35-15)4-7-30(8-5-25)23-18(12-32)29-20(10-28-23)36-19-3-6-27-24-21(19)34-13-16-9-17(33-2)11-31(16)24/h3,6,10,15-17,22,32H,4-5,7-9,11-14,26H2,1-2H3/t15-,16-,17+,22+/m0/s1. The van der Waals surface area contributed by atoms with Gasteiger partial charge in [-0.1, -0.05) is 11.8 Å². The fourth-order valence-corrected chi connectivity index (χ4v) is 6.91. The first-order valence-corrected chi connectivity index (χ1v) is 13.5. The van der Waals surface area contributed by atoms with Gasteiger partial charge in [0.05, 0.1) is 42.6 Å². The molecule has 1 spiro atoms. The van der Waals surface area contributed by atoms with E-state index in [0.29, 0.717) is 17.3 Å². The number of ether oxygens (including phenoxy) is 3. The summed E-state index contributed by atoms with van der Waals surface area (Å²) in [6, 6.07) is 2.29. The van der Waals surface area contributed by atoms with E-state index >= 15 is 0 Å². The second-order valence-electron chi connectivity index (χ2n) is 10.3. The molecule has 2 aromatic heterocycles. The first-order valence-electron chi connectivity index (χ1n) is 12.7. The lowest BCUT2D eigenvalue weighted by molar-refractivity contribution is 0.0973. The highest BCUT2D eigenvalue weighted by Crippen LogP contribution is 2.45. The molecule has 3 fully saturated rings. The Labute approximate surface area is 215 Å². The first kappa shape index (κ1) is 24.2. The Kier molecular flexibility index (Phi) is 6.45. The van der Waals surface area contributed by atoms with Crippen LogP contribution < -0.4 is 20.3 Å². The van der Waals surface area contributed by atoms with Gasteiger partial charge in [-0.25, -0.2) is 15.0 Å². The third-order valence-corrected chi connectivity index (χ3v) is 9.27. The highest BCUT2D eigenvalue weighted by Gasteiger charge is 2.48. The fourth-order valence-electron chi connectivity index (χ4n) is 6.05. The summed E-state index contributed by atoms with van der Waals surface area (Å²) in [5.41, 5.74) is 7.10. The van der Waals surface area contributed by atoms with E-state index in [0.717, 1.165) is 67.8 Å². The van der Waals surface area contributed by atoms with E-state index in [1.54, 1.807) is 13.3 Å². The van der Waals surface area contributed by atoms with Gasteiger partial charge in [-0.2, -0.15) is 0 Å². The number of piperidine rings is 1. The van der Waals surface area contributed by atoms with Gasteiger partial charge in [0.1, 0.15) is 17.3 Å². The Morgan fingerprint density at radius 1 is 1.28 bits per heavy atom. The zero-order valence-electron chi connectivity index (χ0n) is 20.8. The molecule has 0 unspecified atom stereocenters. The average molecular weight is 515 g/mol. The number of aliphatic hydroxyl groups is 1. The van der Waals surface area contributed by atoms with E-state index in [4.69, 9.17) is 29.9 Å². The first-order chi connectivity index (χ1) is 17.5. The molecule has 4 atom stereocenters. The molecule has 194 valence electrons. The van der Waals surface area contributed by atoms with Crippen molar-refractivity contribution < 1.29 is 19.3 Å². The van der Waals surface area contributed by atoms with E-state index in [1.807, 2.05) is 12.3 Å². The Morgan fingerprint density at radius 2 is 2.11 bits per heavy atom. The summed E-state index contributed by atoms with van der Waals surface area (Å²) >= 11 is 1.48. The summed E-state index contributed by atoms with van der Waals surface area (Å²) < 4.78 is 17.6. The summed E-state index contributed by atoms with van der Waals surface area (Å²) in [4.78, 5) is 19.6. The van der Waals surface area contributed by atoms with Gasteiger partial charge in [0.15, 0.2) is 17.4 Å². The summed E-state index contributed by atoms with van der Waals surface area (Å²) in [5.74, 6) is 2.38. The van der Waals surface area contributed by atoms with Crippen LogP contribution in [0.5, 0.6) is 5.75 Å². The SMILES string of the molecule is CO[C@@H]1C[C@H]2COc3c(Sc4cnc(N5CCC6(CC5)CO[C@@H](C)[C@H]6N)c(CO)n4)ccnc3N2C1. The number of hydrogen-bond donors (Lipinski definition) is 2. The number of rotatable bonds is 5. The number of aliphatic hydroxyl groups excluding tert-OH is 1. The van der Waals surface area contributed by atoms with Crippen molar-refractivity contribution in [2.45, 2.75) is 67.0 Å². The quantitative estimate of drug-likeness (QED) is 0.608. The number of nitrogens with two attached hydrogens (primary N) is 1. The van der Waals surface area contributed by atoms with E-state index in [2.05, 4.69) is 21.7 Å². The van der Waals surface area contributed by atoms with Crippen molar-refractivity contribution in [2.24, 2.45) is 11.1 Å². The number of aromatic nitrogens is 3. The maximum Gasteiger partial charge on any atom is 0.175 e. The number of hydrogen-bond acceptors (Lipinski definition) is 11. The number of nitrogens with zero attached hydrogens (tertiary/aromatic N) is 5. The molecule has 6 heterocycles. The lowest BCUT2D eigenvalue weighted by Gasteiger charge is -2.41. The van der Waals surface area contributed by atoms with Gasteiger partial charge in [-0.05, 0) is 32.3 Å². The van der Waals surface area contributed by atoms with Gasteiger partial charge < -0.3 is 34.9 Å². The molecule has 0 saturated carbocycles. The summed E-state index contributed by atoms with van der Waals surface area (Å²) in [6.07, 6.45) is 6.72. The lowest BCUT2D eigenvalue weighted by atomic mass is 9.73. The van der Waals surface area contributed by atoms with Crippen LogP contribution in [0.3, 0.4) is 0 Å². The minimum absolute atomic E-state index is 0.0383. The van der Waals surface area contributed by atoms with E-state index in [9.17, 15) is 5.11 Å². The summed E-state index contributed by atoms with van der Waals surface area (Å²) in [6.45, 7) is 5.68. The molecule has 0 amide bonds. The third-order valence-electron chi connectivity index (χ3n) is 8.32. The van der Waals surface area contributed by atoms with E-state index in [-0.39, 0.29) is 36.3 Å². The van der Waals surface area contributed by atoms with Crippen LogP contribution in [0, 0.1) is 5.41 Å². The average Bonchev–Trinajstić information content (AvgIpc) is 3.46. The van der Waals surface area contributed by atoms with E-state index < -0.39 is 0 Å². The predicted octanol–water partition coefficient (Wildman–Crippen LogP) is 1.83. The summed E-state index contributed by atoms with van der Waals surface area (Å²) in [7, 11) is 1.76. The predicted molar refractivity (Wildman–Crippen MR) is 136 cm³/mol. The van der Waals surface area contributed by atoms with Crippen LogP contribution in [0.25, 0.3) is 0 Å². The van der Waals surface area contributed by atoms with Crippen LogP contribution in [0.15, 0.2) is 28.4 Å². The molecule has 0 aromatic carbocycles. The molecule has 4 aliphatic rings. The van der Waals surface area contributed by atoms with Gasteiger partial charge >= 0.3 is 0 Å². The Balaban J connectivity index is 1.19. The number of anilines is 2. The summed E-state index contributed by atoms with van der Waals surface area (Å²) in [5, 5.41) is 10.8. The molecule has 0 bridgehead atoms. The molecule has 0 radical (unpaired) electrons. The molecule has 0 aliphatic carbocycles. The molecule has 3 N–H and O–H groups in total. The van der Waals surface area contributed by atoms with Crippen molar-refractivity contribution in [1.82, 2.24) is 15.0 Å². The van der Waals surface area contributed by atoms with Crippen LogP contribution in [0.1, 0.15) is 31.9 Å². The Hall–Kier alpha value is -2.18. The zero-order chi connectivity index (χ0) is 24.9. The zero-order valence-corrected chi connectivity index (χ0v) is 21.6. The fraction of sp³-hybridized carbons (Fsp3) is 0.640. The minimum atomic E-state index is -0.170. The van der Waals surface area contributed by atoms with Gasteiger partial charge in [0, 0.05) is 44.4 Å². The topological polar surface area (TPSA) is 119 Å². The molecule has 36 heavy (non-hydrogen) atoms. The molecule has 11 heteroatoms. The minimum Gasteiger partial charge on any atom is -0.486 e. The second-order valence-corrected chi connectivity index (χ2v) is 11.4. The molecule has 4 aliphatic heterocycles. The lowest BCUT2D eigenvalue weighted by Crippen LogP contribution is -2.51. The second kappa shape index (κ2) is 9.60. The van der Waals surface area contributed by atoms with Crippen molar-refractivity contribution in [3.63, 3.8) is 0 Å². The van der Waals surface area contributed by atoms with Crippen molar-refractivity contribution in [3.8, 4) is 5.75 Å². The van der Waals surface area contributed by atoms with Crippen molar-refractivity contribution >= 4 is 23.4 Å². The Bertz CT molecular complexity index is 1110. The van der Waals surface area contributed by atoms with Crippen molar-refractivity contribution in [2.75, 3.05) is 49.8 Å². The van der Waals surface area contributed by atoms with Crippen LogP contribution in [-0.4, -0.2) is 84.3 Å². The van der Waals surface area contributed by atoms with Gasteiger partial charge in [-0.15, -0.1) is 0 Å². The molecule has 3 saturated heterocycles. The van der Waals surface area contributed by atoms with Crippen molar-refractivity contribution in [3.05, 3.63) is 24.2 Å².